The van der Waals surface area contributed by atoms with Crippen LogP contribution >= 0.6 is 0 Å². The summed E-state index contributed by atoms with van der Waals surface area (Å²) in [6.07, 6.45) is -5.86. The van der Waals surface area contributed by atoms with Crippen LogP contribution in [0.5, 0.6) is 0 Å². The molecular weight excluding hydrogens is 314 g/mol. The SMILES string of the molecule is O=C(NCC(O)c1cccc(C(F)(F)F)c1)c1ccccc1F. The van der Waals surface area contributed by atoms with Crippen molar-refractivity contribution in [1.82, 2.24) is 5.32 Å². The van der Waals surface area contributed by atoms with Crippen LogP contribution in [0.1, 0.15) is 27.6 Å². The first-order valence-electron chi connectivity index (χ1n) is 6.67. The molecule has 0 spiro atoms. The number of hydrogen-bond acceptors (Lipinski definition) is 2. The van der Waals surface area contributed by atoms with E-state index in [2.05, 4.69) is 5.32 Å². The zero-order chi connectivity index (χ0) is 17.0. The molecule has 0 aliphatic rings. The number of aliphatic hydroxyl groups excluding tert-OH is 1. The summed E-state index contributed by atoms with van der Waals surface area (Å²) in [4.78, 5) is 11.8. The van der Waals surface area contributed by atoms with Gasteiger partial charge in [-0.05, 0) is 29.8 Å². The van der Waals surface area contributed by atoms with Crippen LogP contribution in [-0.2, 0) is 6.18 Å². The molecule has 0 heterocycles. The molecule has 2 aromatic carbocycles. The molecule has 1 atom stereocenters. The van der Waals surface area contributed by atoms with Gasteiger partial charge in [-0.2, -0.15) is 13.2 Å². The van der Waals surface area contributed by atoms with Gasteiger partial charge in [-0.3, -0.25) is 4.79 Å². The fraction of sp³-hybridized carbons (Fsp3) is 0.188. The van der Waals surface area contributed by atoms with E-state index in [1.807, 2.05) is 0 Å². The van der Waals surface area contributed by atoms with Crippen molar-refractivity contribution >= 4 is 5.91 Å². The highest BCUT2D eigenvalue weighted by molar-refractivity contribution is 5.94. The molecule has 0 aliphatic heterocycles. The first-order valence-corrected chi connectivity index (χ1v) is 6.67. The van der Waals surface area contributed by atoms with E-state index < -0.39 is 29.6 Å². The maximum absolute atomic E-state index is 13.4. The third kappa shape index (κ3) is 4.29. The average Bonchev–Trinajstić information content (AvgIpc) is 2.52. The van der Waals surface area contributed by atoms with Crippen molar-refractivity contribution in [3.63, 3.8) is 0 Å². The summed E-state index contributed by atoms with van der Waals surface area (Å²) in [5.41, 5.74) is -1.09. The summed E-state index contributed by atoms with van der Waals surface area (Å²) < 4.78 is 51.3. The third-order valence-electron chi connectivity index (χ3n) is 3.17. The third-order valence-corrected chi connectivity index (χ3v) is 3.17. The number of aliphatic hydroxyl groups is 1. The summed E-state index contributed by atoms with van der Waals surface area (Å²) >= 11 is 0. The molecule has 7 heteroatoms. The number of rotatable bonds is 4. The van der Waals surface area contributed by atoms with Crippen molar-refractivity contribution in [2.24, 2.45) is 0 Å². The van der Waals surface area contributed by atoms with E-state index in [1.54, 1.807) is 0 Å². The Morgan fingerprint density at radius 1 is 1.13 bits per heavy atom. The number of nitrogens with one attached hydrogen (secondary N) is 1. The van der Waals surface area contributed by atoms with Crippen molar-refractivity contribution in [2.45, 2.75) is 12.3 Å². The Morgan fingerprint density at radius 3 is 2.48 bits per heavy atom. The van der Waals surface area contributed by atoms with Crippen molar-refractivity contribution in [2.75, 3.05) is 6.54 Å². The van der Waals surface area contributed by atoms with Crippen LogP contribution in [0.4, 0.5) is 17.6 Å². The molecule has 0 aliphatic carbocycles. The molecule has 0 aromatic heterocycles. The maximum Gasteiger partial charge on any atom is 0.416 e. The Bertz CT molecular complexity index is 700. The van der Waals surface area contributed by atoms with Gasteiger partial charge in [-0.1, -0.05) is 24.3 Å². The largest absolute Gasteiger partial charge is 0.416 e. The van der Waals surface area contributed by atoms with Gasteiger partial charge in [0.05, 0.1) is 17.2 Å². The average molecular weight is 327 g/mol. The monoisotopic (exact) mass is 327 g/mol. The first kappa shape index (κ1) is 17.0. The molecule has 1 unspecified atom stereocenters. The Labute approximate surface area is 129 Å². The highest BCUT2D eigenvalue weighted by Gasteiger charge is 2.30. The molecule has 0 saturated heterocycles. The second kappa shape index (κ2) is 6.78. The lowest BCUT2D eigenvalue weighted by molar-refractivity contribution is -0.137. The van der Waals surface area contributed by atoms with Crippen LogP contribution in [0.15, 0.2) is 48.5 Å². The second-order valence-corrected chi connectivity index (χ2v) is 4.83. The minimum Gasteiger partial charge on any atom is -0.387 e. The predicted octanol–water partition coefficient (Wildman–Crippen LogP) is 3.31. The number of amides is 1. The van der Waals surface area contributed by atoms with Gasteiger partial charge in [0.15, 0.2) is 0 Å². The Morgan fingerprint density at radius 2 is 1.83 bits per heavy atom. The number of carbonyl (C=O) groups excluding carboxylic acids is 1. The molecule has 2 rings (SSSR count). The van der Waals surface area contributed by atoms with Gasteiger partial charge >= 0.3 is 6.18 Å². The molecule has 1 amide bonds. The van der Waals surface area contributed by atoms with E-state index in [0.717, 1.165) is 18.2 Å². The van der Waals surface area contributed by atoms with Crippen molar-refractivity contribution in [1.29, 1.82) is 0 Å². The number of hydrogen-bond donors (Lipinski definition) is 2. The molecule has 23 heavy (non-hydrogen) atoms. The van der Waals surface area contributed by atoms with Gasteiger partial charge in [0.2, 0.25) is 0 Å². The van der Waals surface area contributed by atoms with E-state index in [4.69, 9.17) is 0 Å². The normalized spacial score (nSPS) is 12.7. The van der Waals surface area contributed by atoms with Crippen LogP contribution in [0.25, 0.3) is 0 Å². The molecule has 3 nitrogen and oxygen atoms in total. The Balaban J connectivity index is 2.04. The van der Waals surface area contributed by atoms with Gasteiger partial charge in [0.25, 0.3) is 5.91 Å². The topological polar surface area (TPSA) is 49.3 Å². The lowest BCUT2D eigenvalue weighted by atomic mass is 10.1. The van der Waals surface area contributed by atoms with Gasteiger partial charge in [-0.25, -0.2) is 4.39 Å². The van der Waals surface area contributed by atoms with E-state index in [0.29, 0.717) is 0 Å². The van der Waals surface area contributed by atoms with E-state index in [9.17, 15) is 27.5 Å². The van der Waals surface area contributed by atoms with Gasteiger partial charge in [0.1, 0.15) is 5.82 Å². The number of alkyl halides is 3. The number of halogens is 4. The molecule has 0 fully saturated rings. The summed E-state index contributed by atoms with van der Waals surface area (Å²) in [6, 6.07) is 9.44. The van der Waals surface area contributed by atoms with Crippen molar-refractivity contribution in [3.8, 4) is 0 Å². The van der Waals surface area contributed by atoms with Crippen molar-refractivity contribution < 1.29 is 27.5 Å². The van der Waals surface area contributed by atoms with Gasteiger partial charge < -0.3 is 10.4 Å². The zero-order valence-corrected chi connectivity index (χ0v) is 11.8. The Hall–Kier alpha value is -2.41. The quantitative estimate of drug-likeness (QED) is 0.847. The van der Waals surface area contributed by atoms with Gasteiger partial charge in [-0.15, -0.1) is 0 Å². The molecule has 0 radical (unpaired) electrons. The van der Waals surface area contributed by atoms with E-state index >= 15 is 0 Å². The molecular formula is C16H13F4NO2. The standard InChI is InChI=1S/C16H13F4NO2/c17-13-7-2-1-6-12(13)15(23)21-9-14(22)10-4-3-5-11(8-10)16(18,19)20/h1-8,14,22H,9H2,(H,21,23). The minimum atomic E-state index is -4.52. The van der Waals surface area contributed by atoms with Crippen LogP contribution in [0, 0.1) is 5.82 Å². The van der Waals surface area contributed by atoms with Crippen LogP contribution in [-0.4, -0.2) is 17.6 Å². The zero-order valence-electron chi connectivity index (χ0n) is 11.8. The van der Waals surface area contributed by atoms with E-state index in [-0.39, 0.29) is 17.7 Å². The second-order valence-electron chi connectivity index (χ2n) is 4.83. The van der Waals surface area contributed by atoms with E-state index in [1.165, 1.54) is 30.3 Å². The van der Waals surface area contributed by atoms with Crippen molar-refractivity contribution in [3.05, 3.63) is 71.0 Å². The number of carbonyl (C=O) groups is 1. The summed E-state index contributed by atoms with van der Waals surface area (Å²) in [5.74, 6) is -1.48. The fourth-order valence-electron chi connectivity index (χ4n) is 1.97. The van der Waals surface area contributed by atoms with Crippen LogP contribution < -0.4 is 5.32 Å². The molecule has 2 aromatic rings. The Kier molecular flexibility index (Phi) is 5.00. The fourth-order valence-corrected chi connectivity index (χ4v) is 1.97. The summed E-state index contributed by atoms with van der Waals surface area (Å²) in [7, 11) is 0. The minimum absolute atomic E-state index is 0.00802. The molecule has 2 N–H and O–H groups in total. The highest BCUT2D eigenvalue weighted by Crippen LogP contribution is 2.30. The lowest BCUT2D eigenvalue weighted by Gasteiger charge is -2.14. The molecule has 122 valence electrons. The summed E-state index contributed by atoms with van der Waals surface area (Å²) in [6.45, 7) is -0.339. The predicted molar refractivity (Wildman–Crippen MR) is 75.1 cm³/mol. The summed E-state index contributed by atoms with van der Waals surface area (Å²) in [5, 5.41) is 12.2. The lowest BCUT2D eigenvalue weighted by Crippen LogP contribution is -2.29. The number of benzene rings is 2. The molecule has 0 bridgehead atoms. The van der Waals surface area contributed by atoms with Gasteiger partial charge in [0, 0.05) is 6.54 Å². The molecule has 0 saturated carbocycles. The first-order chi connectivity index (χ1) is 10.8. The highest BCUT2D eigenvalue weighted by atomic mass is 19.4. The maximum atomic E-state index is 13.4. The van der Waals surface area contributed by atoms with Crippen LogP contribution in [0.3, 0.4) is 0 Å². The van der Waals surface area contributed by atoms with Crippen LogP contribution in [0.2, 0.25) is 0 Å². The smallest absolute Gasteiger partial charge is 0.387 e.